The number of nitrogens with one attached hydrogen (secondary N) is 1. The standard InChI is InChI=1S/C10H16N2S2/c11-12-10(8-3-5-13-7-8)6-9-2-1-4-14-9/h1-2,4,8,10,12H,3,5-7,11H2. The summed E-state index contributed by atoms with van der Waals surface area (Å²) in [5.41, 5.74) is 2.98. The number of hydrogen-bond donors (Lipinski definition) is 2. The molecule has 2 heterocycles. The van der Waals surface area contributed by atoms with E-state index in [1.807, 2.05) is 23.1 Å². The fourth-order valence-corrected chi connectivity index (χ4v) is 3.98. The quantitative estimate of drug-likeness (QED) is 0.610. The highest BCUT2D eigenvalue weighted by Crippen LogP contribution is 2.28. The summed E-state index contributed by atoms with van der Waals surface area (Å²) in [7, 11) is 0. The molecule has 14 heavy (non-hydrogen) atoms. The minimum Gasteiger partial charge on any atom is -0.271 e. The molecule has 0 aromatic carbocycles. The van der Waals surface area contributed by atoms with Gasteiger partial charge in [-0.2, -0.15) is 11.8 Å². The van der Waals surface area contributed by atoms with Crippen LogP contribution in [0.3, 0.4) is 0 Å². The predicted octanol–water partition coefficient (Wildman–Crippen LogP) is 1.88. The SMILES string of the molecule is NNC(Cc1cccs1)C1CCSC1. The highest BCUT2D eigenvalue weighted by Gasteiger charge is 2.24. The van der Waals surface area contributed by atoms with E-state index in [-0.39, 0.29) is 0 Å². The molecule has 1 aromatic rings. The minimum atomic E-state index is 0.462. The van der Waals surface area contributed by atoms with Crippen LogP contribution >= 0.6 is 23.1 Å². The summed E-state index contributed by atoms with van der Waals surface area (Å²) in [6, 6.07) is 4.76. The average Bonchev–Trinajstić information content (AvgIpc) is 2.86. The Morgan fingerprint density at radius 3 is 3.14 bits per heavy atom. The third kappa shape index (κ3) is 2.51. The zero-order valence-electron chi connectivity index (χ0n) is 8.11. The van der Waals surface area contributed by atoms with Gasteiger partial charge in [0.15, 0.2) is 0 Å². The molecule has 1 aliphatic rings. The van der Waals surface area contributed by atoms with Gasteiger partial charge in [-0.15, -0.1) is 11.3 Å². The molecule has 0 saturated carbocycles. The zero-order chi connectivity index (χ0) is 9.80. The Morgan fingerprint density at radius 1 is 1.64 bits per heavy atom. The van der Waals surface area contributed by atoms with Crippen molar-refractivity contribution in [2.75, 3.05) is 11.5 Å². The van der Waals surface area contributed by atoms with Gasteiger partial charge in [0, 0.05) is 10.9 Å². The molecule has 0 bridgehead atoms. The van der Waals surface area contributed by atoms with Crippen molar-refractivity contribution in [3.8, 4) is 0 Å². The summed E-state index contributed by atoms with van der Waals surface area (Å²) >= 11 is 3.87. The van der Waals surface area contributed by atoms with Crippen LogP contribution in [0.4, 0.5) is 0 Å². The normalized spacial score (nSPS) is 23.9. The molecule has 1 saturated heterocycles. The second kappa shape index (κ2) is 5.16. The number of hydrogen-bond acceptors (Lipinski definition) is 4. The van der Waals surface area contributed by atoms with Crippen LogP contribution in [0.15, 0.2) is 17.5 Å². The molecule has 0 spiro atoms. The molecule has 4 heteroatoms. The predicted molar refractivity (Wildman–Crippen MR) is 64.6 cm³/mol. The highest BCUT2D eigenvalue weighted by molar-refractivity contribution is 7.99. The fourth-order valence-electron chi connectivity index (χ4n) is 1.88. The third-order valence-corrected chi connectivity index (χ3v) is 4.84. The number of thioether (sulfide) groups is 1. The van der Waals surface area contributed by atoms with E-state index in [4.69, 9.17) is 5.84 Å². The Hall–Kier alpha value is -0.0300. The molecule has 0 amide bonds. The molecule has 2 nitrogen and oxygen atoms in total. The van der Waals surface area contributed by atoms with Gasteiger partial charge in [-0.1, -0.05) is 6.07 Å². The largest absolute Gasteiger partial charge is 0.271 e. The Kier molecular flexibility index (Phi) is 3.87. The number of hydrazine groups is 1. The maximum Gasteiger partial charge on any atom is 0.0295 e. The first-order valence-electron chi connectivity index (χ1n) is 4.96. The Labute approximate surface area is 93.2 Å². The highest BCUT2D eigenvalue weighted by atomic mass is 32.2. The van der Waals surface area contributed by atoms with E-state index in [9.17, 15) is 0 Å². The summed E-state index contributed by atoms with van der Waals surface area (Å²) in [5, 5.41) is 2.13. The average molecular weight is 228 g/mol. The van der Waals surface area contributed by atoms with Gasteiger partial charge < -0.3 is 0 Å². The lowest BCUT2D eigenvalue weighted by Crippen LogP contribution is -2.42. The Bertz CT molecular complexity index is 255. The van der Waals surface area contributed by atoms with Crippen molar-refractivity contribution >= 4 is 23.1 Å². The van der Waals surface area contributed by atoms with Gasteiger partial charge in [0.25, 0.3) is 0 Å². The molecule has 2 atom stereocenters. The maximum atomic E-state index is 5.61. The van der Waals surface area contributed by atoms with Crippen LogP contribution in [0.2, 0.25) is 0 Å². The van der Waals surface area contributed by atoms with Gasteiger partial charge in [0.1, 0.15) is 0 Å². The fraction of sp³-hybridized carbons (Fsp3) is 0.600. The summed E-state index contributed by atoms with van der Waals surface area (Å²) in [4.78, 5) is 1.44. The van der Waals surface area contributed by atoms with Gasteiger partial charge in [0.2, 0.25) is 0 Å². The van der Waals surface area contributed by atoms with Crippen molar-refractivity contribution in [2.24, 2.45) is 11.8 Å². The monoisotopic (exact) mass is 228 g/mol. The molecule has 2 unspecified atom stereocenters. The maximum absolute atomic E-state index is 5.61. The summed E-state index contributed by atoms with van der Waals surface area (Å²) < 4.78 is 0. The van der Waals surface area contributed by atoms with Crippen molar-refractivity contribution in [1.29, 1.82) is 0 Å². The summed E-state index contributed by atoms with van der Waals surface area (Å²) in [6.07, 6.45) is 2.39. The number of rotatable bonds is 4. The first kappa shape index (κ1) is 10.5. The van der Waals surface area contributed by atoms with Crippen molar-refractivity contribution < 1.29 is 0 Å². The molecule has 0 radical (unpaired) electrons. The summed E-state index contributed by atoms with van der Waals surface area (Å²) in [5.74, 6) is 8.93. The Morgan fingerprint density at radius 2 is 2.57 bits per heavy atom. The summed E-state index contributed by atoms with van der Waals surface area (Å²) in [6.45, 7) is 0. The van der Waals surface area contributed by atoms with Crippen molar-refractivity contribution in [2.45, 2.75) is 18.9 Å². The van der Waals surface area contributed by atoms with Gasteiger partial charge in [0.05, 0.1) is 0 Å². The lowest BCUT2D eigenvalue weighted by molar-refractivity contribution is 0.388. The molecular weight excluding hydrogens is 212 g/mol. The van der Waals surface area contributed by atoms with E-state index >= 15 is 0 Å². The third-order valence-electron chi connectivity index (χ3n) is 2.75. The van der Waals surface area contributed by atoms with E-state index in [0.29, 0.717) is 6.04 Å². The Balaban J connectivity index is 1.92. The zero-order valence-corrected chi connectivity index (χ0v) is 9.74. The van der Waals surface area contributed by atoms with E-state index < -0.39 is 0 Å². The second-order valence-electron chi connectivity index (χ2n) is 3.68. The van der Waals surface area contributed by atoms with E-state index in [1.165, 1.54) is 22.8 Å². The van der Waals surface area contributed by atoms with Crippen molar-refractivity contribution in [3.05, 3.63) is 22.4 Å². The number of thiophene rings is 1. The molecule has 3 N–H and O–H groups in total. The van der Waals surface area contributed by atoms with Gasteiger partial charge >= 0.3 is 0 Å². The van der Waals surface area contributed by atoms with Crippen LogP contribution in [0.1, 0.15) is 11.3 Å². The van der Waals surface area contributed by atoms with Gasteiger partial charge in [-0.05, 0) is 41.7 Å². The van der Waals surface area contributed by atoms with Crippen LogP contribution in [0.25, 0.3) is 0 Å². The molecule has 1 aromatic heterocycles. The van der Waals surface area contributed by atoms with Crippen molar-refractivity contribution in [3.63, 3.8) is 0 Å². The lowest BCUT2D eigenvalue weighted by Gasteiger charge is -2.21. The van der Waals surface area contributed by atoms with Gasteiger partial charge in [-0.25, -0.2) is 0 Å². The van der Waals surface area contributed by atoms with E-state index in [1.54, 1.807) is 0 Å². The minimum absolute atomic E-state index is 0.462. The van der Waals surface area contributed by atoms with Crippen LogP contribution in [-0.4, -0.2) is 17.5 Å². The van der Waals surface area contributed by atoms with Gasteiger partial charge in [-0.3, -0.25) is 11.3 Å². The van der Waals surface area contributed by atoms with Crippen LogP contribution < -0.4 is 11.3 Å². The van der Waals surface area contributed by atoms with E-state index in [0.717, 1.165) is 12.3 Å². The van der Waals surface area contributed by atoms with E-state index in [2.05, 4.69) is 22.9 Å². The number of nitrogens with two attached hydrogens (primary N) is 1. The molecule has 1 aliphatic heterocycles. The van der Waals surface area contributed by atoms with Crippen LogP contribution in [0, 0.1) is 5.92 Å². The van der Waals surface area contributed by atoms with Crippen molar-refractivity contribution in [1.82, 2.24) is 5.43 Å². The van der Waals surface area contributed by atoms with Crippen LogP contribution in [-0.2, 0) is 6.42 Å². The first-order valence-corrected chi connectivity index (χ1v) is 7.00. The topological polar surface area (TPSA) is 38.0 Å². The second-order valence-corrected chi connectivity index (χ2v) is 5.86. The smallest absolute Gasteiger partial charge is 0.0295 e. The lowest BCUT2D eigenvalue weighted by atomic mass is 9.96. The molecule has 78 valence electrons. The molecule has 2 rings (SSSR count). The van der Waals surface area contributed by atoms with Crippen LogP contribution in [0.5, 0.6) is 0 Å². The molecule has 1 fully saturated rings. The molecule has 0 aliphatic carbocycles. The molecular formula is C10H16N2S2. The first-order chi connectivity index (χ1) is 6.90.